The number of anilines is 2. The Morgan fingerprint density at radius 1 is 1.03 bits per heavy atom. The van der Waals surface area contributed by atoms with E-state index in [1.165, 1.54) is 16.9 Å². The Labute approximate surface area is 190 Å². The van der Waals surface area contributed by atoms with Crippen molar-refractivity contribution in [2.75, 3.05) is 4.90 Å². The van der Waals surface area contributed by atoms with E-state index in [1.807, 2.05) is 50.4 Å². The van der Waals surface area contributed by atoms with E-state index < -0.39 is 0 Å². The van der Waals surface area contributed by atoms with Crippen LogP contribution in [0.15, 0.2) is 46.8 Å². The molecule has 0 unspecified atom stereocenters. The van der Waals surface area contributed by atoms with Crippen molar-refractivity contribution in [3.63, 3.8) is 0 Å². The summed E-state index contributed by atoms with van der Waals surface area (Å²) in [4.78, 5) is 28.2. The van der Waals surface area contributed by atoms with Crippen molar-refractivity contribution < 1.29 is 4.79 Å². The van der Waals surface area contributed by atoms with Gasteiger partial charge in [0.2, 0.25) is 5.91 Å². The molecule has 158 valence electrons. The standard InChI is InChI=1S/C24H24N4OS2/c1-14-10-15(2)22(16(3)11-14)28(18(5)29)24-27-19(13-31-24)12-30-23-20-8-6-7-9-21(20)25-17(4)26-23/h6-11,13H,12H2,1-5H3. The zero-order chi connectivity index (χ0) is 22.1. The number of hydrogen-bond acceptors (Lipinski definition) is 6. The molecule has 0 spiro atoms. The van der Waals surface area contributed by atoms with E-state index in [1.54, 1.807) is 23.6 Å². The lowest BCUT2D eigenvalue weighted by atomic mass is 10.0. The van der Waals surface area contributed by atoms with E-state index in [0.29, 0.717) is 10.9 Å². The number of nitrogens with zero attached hydrogens (tertiary/aromatic N) is 4. The zero-order valence-electron chi connectivity index (χ0n) is 18.3. The summed E-state index contributed by atoms with van der Waals surface area (Å²) in [6.07, 6.45) is 0. The average molecular weight is 449 g/mol. The summed E-state index contributed by atoms with van der Waals surface area (Å²) in [6.45, 7) is 9.65. The highest BCUT2D eigenvalue weighted by atomic mass is 32.2. The molecular formula is C24H24N4OS2. The van der Waals surface area contributed by atoms with Crippen LogP contribution >= 0.6 is 23.1 Å². The highest BCUT2D eigenvalue weighted by Gasteiger charge is 2.22. The molecule has 0 atom stereocenters. The van der Waals surface area contributed by atoms with Crippen molar-refractivity contribution >= 4 is 50.7 Å². The third kappa shape index (κ3) is 4.48. The van der Waals surface area contributed by atoms with Gasteiger partial charge in [-0.1, -0.05) is 47.7 Å². The molecule has 7 heteroatoms. The lowest BCUT2D eigenvalue weighted by Gasteiger charge is -2.23. The molecule has 2 aromatic heterocycles. The first kappa shape index (κ1) is 21.5. The molecule has 4 rings (SSSR count). The van der Waals surface area contributed by atoms with Crippen molar-refractivity contribution in [3.8, 4) is 0 Å². The smallest absolute Gasteiger partial charge is 0.230 e. The average Bonchev–Trinajstić information content (AvgIpc) is 3.16. The second kappa shape index (κ2) is 8.77. The first-order valence-corrected chi connectivity index (χ1v) is 11.9. The largest absolute Gasteiger partial charge is 0.274 e. The molecule has 0 aliphatic carbocycles. The number of thioether (sulfide) groups is 1. The van der Waals surface area contributed by atoms with Gasteiger partial charge in [-0.3, -0.25) is 9.69 Å². The summed E-state index contributed by atoms with van der Waals surface area (Å²) < 4.78 is 0. The number of carbonyl (C=O) groups excluding carboxylic acids is 1. The number of aryl methyl sites for hydroxylation is 4. The molecule has 0 fully saturated rings. The normalized spacial score (nSPS) is 11.1. The van der Waals surface area contributed by atoms with Gasteiger partial charge >= 0.3 is 0 Å². The van der Waals surface area contributed by atoms with Crippen molar-refractivity contribution in [3.05, 3.63) is 70.0 Å². The fraction of sp³-hybridized carbons (Fsp3) is 0.250. The van der Waals surface area contributed by atoms with Gasteiger partial charge in [-0.05, 0) is 44.9 Å². The maximum atomic E-state index is 12.6. The van der Waals surface area contributed by atoms with Crippen LogP contribution in [0, 0.1) is 27.7 Å². The quantitative estimate of drug-likeness (QED) is 0.265. The van der Waals surface area contributed by atoms with E-state index in [9.17, 15) is 4.79 Å². The summed E-state index contributed by atoms with van der Waals surface area (Å²) >= 11 is 3.14. The lowest BCUT2D eigenvalue weighted by Crippen LogP contribution is -2.24. The Morgan fingerprint density at radius 3 is 2.45 bits per heavy atom. The highest BCUT2D eigenvalue weighted by Crippen LogP contribution is 2.36. The summed E-state index contributed by atoms with van der Waals surface area (Å²) in [5, 5.41) is 4.71. The molecule has 0 bridgehead atoms. The lowest BCUT2D eigenvalue weighted by molar-refractivity contribution is -0.115. The van der Waals surface area contributed by atoms with E-state index >= 15 is 0 Å². The van der Waals surface area contributed by atoms with E-state index in [4.69, 9.17) is 4.98 Å². The number of carbonyl (C=O) groups is 1. The second-order valence-corrected chi connectivity index (χ2v) is 9.41. The Balaban J connectivity index is 1.62. The Morgan fingerprint density at radius 2 is 1.74 bits per heavy atom. The van der Waals surface area contributed by atoms with Crippen LogP contribution in [0.1, 0.15) is 35.1 Å². The van der Waals surface area contributed by atoms with Crippen LogP contribution in [0.2, 0.25) is 0 Å². The SMILES string of the molecule is CC(=O)N(c1nc(CSc2nc(C)nc3ccccc23)cs1)c1c(C)cc(C)cc1C. The van der Waals surface area contributed by atoms with Crippen LogP contribution in [-0.4, -0.2) is 20.9 Å². The van der Waals surface area contributed by atoms with E-state index in [2.05, 4.69) is 29.0 Å². The highest BCUT2D eigenvalue weighted by molar-refractivity contribution is 7.98. The van der Waals surface area contributed by atoms with Gasteiger partial charge in [0, 0.05) is 23.4 Å². The molecule has 31 heavy (non-hydrogen) atoms. The molecule has 0 radical (unpaired) electrons. The van der Waals surface area contributed by atoms with E-state index in [-0.39, 0.29) is 5.91 Å². The van der Waals surface area contributed by atoms with Gasteiger partial charge in [-0.25, -0.2) is 15.0 Å². The molecular weight excluding hydrogens is 424 g/mol. The maximum Gasteiger partial charge on any atom is 0.230 e. The van der Waals surface area contributed by atoms with Crippen LogP contribution in [-0.2, 0) is 10.5 Å². The third-order valence-electron chi connectivity index (χ3n) is 4.94. The summed E-state index contributed by atoms with van der Waals surface area (Å²) in [6, 6.07) is 12.2. The van der Waals surface area contributed by atoms with Crippen LogP contribution in [0.4, 0.5) is 10.8 Å². The fourth-order valence-corrected chi connectivity index (χ4v) is 5.72. The van der Waals surface area contributed by atoms with Gasteiger partial charge < -0.3 is 0 Å². The molecule has 1 amide bonds. The van der Waals surface area contributed by atoms with Gasteiger partial charge in [0.05, 0.1) is 16.9 Å². The molecule has 2 aromatic carbocycles. The minimum atomic E-state index is -0.0407. The monoisotopic (exact) mass is 448 g/mol. The third-order valence-corrected chi connectivity index (χ3v) is 6.84. The van der Waals surface area contributed by atoms with Gasteiger partial charge in [0.1, 0.15) is 10.9 Å². The van der Waals surface area contributed by atoms with Crippen LogP contribution in [0.5, 0.6) is 0 Å². The topological polar surface area (TPSA) is 59.0 Å². The summed E-state index contributed by atoms with van der Waals surface area (Å²) in [7, 11) is 0. The van der Waals surface area contributed by atoms with E-state index in [0.717, 1.165) is 44.3 Å². The number of thiazole rings is 1. The number of fused-ring (bicyclic) bond motifs is 1. The first-order chi connectivity index (χ1) is 14.8. The Hall–Kier alpha value is -2.77. The van der Waals surface area contributed by atoms with Crippen molar-refractivity contribution in [1.29, 1.82) is 0 Å². The zero-order valence-corrected chi connectivity index (χ0v) is 19.9. The molecule has 0 saturated heterocycles. The second-order valence-electron chi connectivity index (χ2n) is 7.60. The van der Waals surface area contributed by atoms with Crippen molar-refractivity contribution in [1.82, 2.24) is 15.0 Å². The predicted octanol–water partition coefficient (Wildman–Crippen LogP) is 6.30. The molecule has 2 heterocycles. The number of rotatable bonds is 5. The Kier molecular flexibility index (Phi) is 6.07. The number of hydrogen-bond donors (Lipinski definition) is 0. The molecule has 5 nitrogen and oxygen atoms in total. The molecule has 0 N–H and O–H groups in total. The fourth-order valence-electron chi connectivity index (χ4n) is 3.79. The van der Waals surface area contributed by atoms with Gasteiger partial charge in [-0.2, -0.15) is 0 Å². The molecule has 4 aromatic rings. The first-order valence-electron chi connectivity index (χ1n) is 10.0. The maximum absolute atomic E-state index is 12.6. The van der Waals surface area contributed by atoms with Crippen LogP contribution in [0.3, 0.4) is 0 Å². The minimum absolute atomic E-state index is 0.0407. The minimum Gasteiger partial charge on any atom is -0.274 e. The van der Waals surface area contributed by atoms with Crippen molar-refractivity contribution in [2.45, 2.75) is 45.4 Å². The number of amides is 1. The predicted molar refractivity (Wildman–Crippen MR) is 129 cm³/mol. The number of benzene rings is 2. The van der Waals surface area contributed by atoms with Crippen molar-refractivity contribution in [2.24, 2.45) is 0 Å². The molecule has 0 aliphatic heterocycles. The summed E-state index contributed by atoms with van der Waals surface area (Å²) in [5.41, 5.74) is 6.13. The summed E-state index contributed by atoms with van der Waals surface area (Å²) in [5.74, 6) is 1.39. The van der Waals surface area contributed by atoms with Gasteiger partial charge in [0.25, 0.3) is 0 Å². The number of para-hydroxylation sites is 1. The molecule has 0 saturated carbocycles. The molecule has 0 aliphatic rings. The van der Waals surface area contributed by atoms with Gasteiger partial charge in [-0.15, -0.1) is 11.3 Å². The number of aromatic nitrogens is 3. The van der Waals surface area contributed by atoms with Crippen LogP contribution in [0.25, 0.3) is 10.9 Å². The Bertz CT molecular complexity index is 1260. The van der Waals surface area contributed by atoms with Gasteiger partial charge in [0.15, 0.2) is 5.13 Å². The van der Waals surface area contributed by atoms with Crippen LogP contribution < -0.4 is 4.90 Å².